The maximum absolute atomic E-state index is 9.55. The predicted molar refractivity (Wildman–Crippen MR) is 133 cm³/mol. The van der Waals surface area contributed by atoms with E-state index in [0.29, 0.717) is 17.6 Å². The van der Waals surface area contributed by atoms with Crippen molar-refractivity contribution >= 4 is 11.9 Å². The van der Waals surface area contributed by atoms with Crippen molar-refractivity contribution in [1.82, 2.24) is 10.2 Å². The maximum Gasteiger partial charge on any atom is 0.328 e. The second kappa shape index (κ2) is 11.5. The second-order valence-corrected chi connectivity index (χ2v) is 11.0. The highest BCUT2D eigenvalue weighted by molar-refractivity contribution is 5.89. The van der Waals surface area contributed by atoms with Crippen LogP contribution in [-0.4, -0.2) is 59.3 Å². The van der Waals surface area contributed by atoms with Gasteiger partial charge in [0.1, 0.15) is 0 Å². The fraction of sp³-hybridized carbons (Fsp3) is 0.643. The molecule has 6 nitrogen and oxygen atoms in total. The van der Waals surface area contributed by atoms with E-state index in [1.165, 1.54) is 84.0 Å². The zero-order valence-electron chi connectivity index (χ0n) is 20.2. The number of hydrogen-bond acceptors (Lipinski definition) is 4. The molecule has 6 rings (SSSR count). The second-order valence-electron chi connectivity index (χ2n) is 11.0. The molecule has 6 heteroatoms. The lowest BCUT2D eigenvalue weighted by atomic mass is 9.46. The highest BCUT2D eigenvalue weighted by Gasteiger charge is 2.56. The van der Waals surface area contributed by atoms with Crippen molar-refractivity contribution < 1.29 is 19.8 Å². The Morgan fingerprint density at radius 1 is 0.941 bits per heavy atom. The monoisotopic (exact) mass is 468 g/mol. The summed E-state index contributed by atoms with van der Waals surface area (Å²) in [6.45, 7) is 5.12. The molecule has 5 aliphatic rings. The van der Waals surface area contributed by atoms with Crippen molar-refractivity contribution in [3.63, 3.8) is 0 Å². The third-order valence-electron chi connectivity index (χ3n) is 8.47. The number of nitrogens with one attached hydrogen (secondary N) is 1. The van der Waals surface area contributed by atoms with Gasteiger partial charge in [-0.25, -0.2) is 9.59 Å². The van der Waals surface area contributed by atoms with E-state index < -0.39 is 11.9 Å². The van der Waals surface area contributed by atoms with Gasteiger partial charge in [0.25, 0.3) is 0 Å². The smallest absolute Gasteiger partial charge is 0.328 e. The van der Waals surface area contributed by atoms with Crippen LogP contribution >= 0.6 is 0 Å². The molecule has 0 radical (unpaired) electrons. The Morgan fingerprint density at radius 3 is 2.15 bits per heavy atom. The van der Waals surface area contributed by atoms with Crippen LogP contribution in [0.25, 0.3) is 0 Å². The molecule has 4 bridgehead atoms. The summed E-state index contributed by atoms with van der Waals surface area (Å²) in [6, 6.07) is 12.1. The van der Waals surface area contributed by atoms with Crippen LogP contribution < -0.4 is 5.32 Å². The highest BCUT2D eigenvalue weighted by atomic mass is 16.4. The summed E-state index contributed by atoms with van der Waals surface area (Å²) < 4.78 is 0. The molecular formula is C28H40N2O4. The largest absolute Gasteiger partial charge is 0.478 e. The molecule has 4 aliphatic carbocycles. The molecule has 1 aromatic carbocycles. The standard InChI is InChI=1S/C24H36N2.C4H4O4/c1-3-7-19(8-4-1)16-24-17-20-13-21(18-24)15-22(14-20)23(24)25-9-12-26-10-5-2-6-11-26;5-3(6)1-2-4(7)8/h1,3-4,7-8,20-23,25H,2,5-6,9-18H2;1-2H,(H,5,6)(H,7,8)/b;2-1+. The van der Waals surface area contributed by atoms with Crippen LogP contribution in [0.15, 0.2) is 42.5 Å². The lowest BCUT2D eigenvalue weighted by Crippen LogP contribution is -2.62. The number of carboxylic acids is 2. The first-order chi connectivity index (χ1) is 16.4. The first-order valence-electron chi connectivity index (χ1n) is 13.1. The van der Waals surface area contributed by atoms with Crippen LogP contribution in [0.2, 0.25) is 0 Å². The molecule has 1 aromatic rings. The Balaban J connectivity index is 0.000000297. The summed E-state index contributed by atoms with van der Waals surface area (Å²) in [7, 11) is 0. The molecule has 0 amide bonds. The number of hydrogen-bond donors (Lipinski definition) is 3. The van der Waals surface area contributed by atoms with E-state index in [2.05, 4.69) is 40.5 Å². The van der Waals surface area contributed by atoms with E-state index in [1.807, 2.05) is 0 Å². The minimum absolute atomic E-state index is 0.540. The van der Waals surface area contributed by atoms with Crippen LogP contribution in [0, 0.1) is 23.2 Å². The summed E-state index contributed by atoms with van der Waals surface area (Å²) >= 11 is 0. The summed E-state index contributed by atoms with van der Waals surface area (Å²) in [5.74, 6) is 0.485. The zero-order chi connectivity index (χ0) is 24.0. The number of benzene rings is 1. The Hall–Kier alpha value is -2.18. The van der Waals surface area contributed by atoms with Crippen LogP contribution in [0.4, 0.5) is 0 Å². The molecule has 0 aromatic heterocycles. The summed E-state index contributed by atoms with van der Waals surface area (Å²) in [5, 5.41) is 19.8. The number of likely N-dealkylation sites (tertiary alicyclic amines) is 1. The quantitative estimate of drug-likeness (QED) is 0.495. The Morgan fingerprint density at radius 2 is 1.56 bits per heavy atom. The lowest BCUT2D eigenvalue weighted by Gasteiger charge is -2.62. The number of carbonyl (C=O) groups is 2. The van der Waals surface area contributed by atoms with Gasteiger partial charge in [-0.2, -0.15) is 0 Å². The molecular weight excluding hydrogens is 428 g/mol. The fourth-order valence-corrected chi connectivity index (χ4v) is 7.55. The van der Waals surface area contributed by atoms with Gasteiger partial charge in [0.05, 0.1) is 0 Å². The molecule has 3 unspecified atom stereocenters. The molecule has 0 spiro atoms. The van der Waals surface area contributed by atoms with Crippen LogP contribution in [0.1, 0.15) is 56.9 Å². The van der Waals surface area contributed by atoms with E-state index in [0.717, 1.165) is 23.8 Å². The van der Waals surface area contributed by atoms with Crippen molar-refractivity contribution in [3.8, 4) is 0 Å². The Bertz CT molecular complexity index is 819. The molecule has 5 fully saturated rings. The van der Waals surface area contributed by atoms with Crippen LogP contribution in [0.3, 0.4) is 0 Å². The number of piperidine rings is 1. The van der Waals surface area contributed by atoms with Gasteiger partial charge < -0.3 is 20.4 Å². The topological polar surface area (TPSA) is 89.9 Å². The van der Waals surface area contributed by atoms with Gasteiger partial charge >= 0.3 is 11.9 Å². The van der Waals surface area contributed by atoms with Crippen molar-refractivity contribution in [2.24, 2.45) is 23.2 Å². The highest BCUT2D eigenvalue weighted by Crippen LogP contribution is 2.61. The first kappa shape index (κ1) is 24.9. The van der Waals surface area contributed by atoms with Gasteiger partial charge in [-0.05, 0) is 93.2 Å². The molecule has 1 aliphatic heterocycles. The third-order valence-corrected chi connectivity index (χ3v) is 8.47. The number of carboxylic acid groups (broad SMARTS) is 2. The molecule has 3 atom stereocenters. The molecule has 3 N–H and O–H groups in total. The van der Waals surface area contributed by atoms with Crippen molar-refractivity contribution in [2.75, 3.05) is 26.2 Å². The van der Waals surface area contributed by atoms with Gasteiger partial charge in [-0.1, -0.05) is 36.8 Å². The Kier molecular flexibility index (Phi) is 8.43. The Labute approximate surface area is 203 Å². The minimum Gasteiger partial charge on any atom is -0.478 e. The van der Waals surface area contributed by atoms with Gasteiger partial charge in [-0.3, -0.25) is 0 Å². The summed E-state index contributed by atoms with van der Waals surface area (Å²) in [4.78, 5) is 21.8. The number of rotatable bonds is 8. The van der Waals surface area contributed by atoms with Gasteiger partial charge in [-0.15, -0.1) is 0 Å². The number of nitrogens with zero attached hydrogens (tertiary/aromatic N) is 1. The molecule has 34 heavy (non-hydrogen) atoms. The maximum atomic E-state index is 9.55. The SMILES string of the molecule is O=C(O)/C=C/C(=O)O.c1ccc(CC23CC4CC(CC(C4)C2NCCN2CCCCC2)C3)cc1. The minimum atomic E-state index is -1.26. The lowest BCUT2D eigenvalue weighted by molar-refractivity contribution is -0.134. The third kappa shape index (κ3) is 6.48. The van der Waals surface area contributed by atoms with Crippen molar-refractivity contribution in [2.45, 2.75) is 63.8 Å². The average molecular weight is 469 g/mol. The number of aliphatic carboxylic acids is 2. The predicted octanol–water partition coefficient (Wildman–Crippen LogP) is 4.21. The van der Waals surface area contributed by atoms with Gasteiger partial charge in [0.2, 0.25) is 0 Å². The van der Waals surface area contributed by atoms with E-state index >= 15 is 0 Å². The fourth-order valence-electron chi connectivity index (χ4n) is 7.55. The van der Waals surface area contributed by atoms with E-state index in [9.17, 15) is 9.59 Å². The molecule has 4 saturated carbocycles. The van der Waals surface area contributed by atoms with Crippen molar-refractivity contribution in [3.05, 3.63) is 48.0 Å². The average Bonchev–Trinajstić information content (AvgIpc) is 2.81. The van der Waals surface area contributed by atoms with E-state index in [1.54, 1.807) is 5.56 Å². The molecule has 186 valence electrons. The van der Waals surface area contributed by atoms with Gasteiger partial charge in [0, 0.05) is 31.3 Å². The van der Waals surface area contributed by atoms with E-state index in [4.69, 9.17) is 10.2 Å². The van der Waals surface area contributed by atoms with Gasteiger partial charge in [0.15, 0.2) is 0 Å². The summed E-state index contributed by atoms with van der Waals surface area (Å²) in [5.41, 5.74) is 2.11. The molecule has 1 heterocycles. The van der Waals surface area contributed by atoms with Crippen LogP contribution in [-0.2, 0) is 16.0 Å². The first-order valence-corrected chi connectivity index (χ1v) is 13.1. The van der Waals surface area contributed by atoms with Crippen molar-refractivity contribution in [1.29, 1.82) is 0 Å². The van der Waals surface area contributed by atoms with Crippen LogP contribution in [0.5, 0.6) is 0 Å². The normalized spacial score (nSPS) is 32.4. The molecule has 1 saturated heterocycles. The van der Waals surface area contributed by atoms with E-state index in [-0.39, 0.29) is 0 Å². The summed E-state index contributed by atoms with van der Waals surface area (Å²) in [6.07, 6.45) is 14.2. The zero-order valence-corrected chi connectivity index (χ0v) is 20.2.